The van der Waals surface area contributed by atoms with E-state index in [1.54, 1.807) is 33.1 Å². The molecule has 1 aliphatic rings. The first kappa shape index (κ1) is 17.9. The maximum atomic E-state index is 12.5. The van der Waals surface area contributed by atoms with Crippen LogP contribution in [-0.4, -0.2) is 34.0 Å². The van der Waals surface area contributed by atoms with E-state index in [1.807, 2.05) is 18.4 Å². The molecule has 2 aromatic rings. The Morgan fingerprint density at radius 1 is 1.36 bits per heavy atom. The number of amides is 1. The van der Waals surface area contributed by atoms with Crippen LogP contribution in [0.25, 0.3) is 0 Å². The highest BCUT2D eigenvalue weighted by Crippen LogP contribution is 2.24. The van der Waals surface area contributed by atoms with Crippen LogP contribution >= 0.6 is 22.7 Å². The van der Waals surface area contributed by atoms with Gasteiger partial charge in [-0.25, -0.2) is 0 Å². The van der Waals surface area contributed by atoms with Crippen molar-refractivity contribution in [2.24, 2.45) is 0 Å². The molecule has 0 radical (unpaired) electrons. The van der Waals surface area contributed by atoms with Crippen LogP contribution in [0, 0.1) is 6.92 Å². The highest BCUT2D eigenvalue weighted by Gasteiger charge is 2.27. The van der Waals surface area contributed by atoms with Gasteiger partial charge in [0.05, 0.1) is 6.42 Å². The molecule has 3 heterocycles. The number of hydrogen-bond donors (Lipinski definition) is 0. The van der Waals surface area contributed by atoms with Gasteiger partial charge in [0.2, 0.25) is 0 Å². The van der Waals surface area contributed by atoms with E-state index in [9.17, 15) is 14.4 Å². The molecule has 25 heavy (non-hydrogen) atoms. The van der Waals surface area contributed by atoms with E-state index in [4.69, 9.17) is 4.74 Å². The van der Waals surface area contributed by atoms with Crippen molar-refractivity contribution in [3.8, 4) is 0 Å². The zero-order valence-electron chi connectivity index (χ0n) is 14.2. The molecule has 134 valence electrons. The summed E-state index contributed by atoms with van der Waals surface area (Å²) in [6.45, 7) is 4.92. The molecule has 1 aliphatic heterocycles. The molecule has 1 unspecified atom stereocenters. The normalized spacial score (nSPS) is 14.9. The molecular weight excluding hydrogens is 360 g/mol. The van der Waals surface area contributed by atoms with Crippen LogP contribution in [0.3, 0.4) is 0 Å². The SMILES string of the molecule is Cc1csc(=O)n1CCC(=O)OC(C)C(=O)N1CCc2sccc2C1. The minimum atomic E-state index is -0.812. The Kier molecular flexibility index (Phi) is 5.39. The third-order valence-corrected chi connectivity index (χ3v) is 6.20. The summed E-state index contributed by atoms with van der Waals surface area (Å²) in [5.74, 6) is -0.638. The van der Waals surface area contributed by atoms with Gasteiger partial charge in [0, 0.05) is 35.6 Å². The van der Waals surface area contributed by atoms with E-state index in [0.29, 0.717) is 13.1 Å². The van der Waals surface area contributed by atoms with E-state index in [2.05, 4.69) is 0 Å². The quantitative estimate of drug-likeness (QED) is 0.746. The Hall–Kier alpha value is -1.93. The Morgan fingerprint density at radius 3 is 2.88 bits per heavy atom. The summed E-state index contributed by atoms with van der Waals surface area (Å²) in [7, 11) is 0. The van der Waals surface area contributed by atoms with E-state index >= 15 is 0 Å². The summed E-state index contributed by atoms with van der Waals surface area (Å²) in [4.78, 5) is 39.1. The third kappa shape index (κ3) is 4.01. The Morgan fingerprint density at radius 2 is 2.16 bits per heavy atom. The largest absolute Gasteiger partial charge is 0.452 e. The Labute approximate surface area is 153 Å². The molecule has 3 rings (SSSR count). The Bertz CT molecular complexity index is 836. The predicted molar refractivity (Wildman–Crippen MR) is 96.9 cm³/mol. The number of carbonyl (C=O) groups excluding carboxylic acids is 2. The smallest absolute Gasteiger partial charge is 0.308 e. The standard InChI is InChI=1S/C17H20N2O4S2/c1-11-10-25-17(22)19(11)7-4-15(20)23-12(2)16(21)18-6-3-14-13(9-18)5-8-24-14/h5,8,10,12H,3-4,6-7,9H2,1-2H3. The molecule has 6 nitrogen and oxygen atoms in total. The van der Waals surface area contributed by atoms with Crippen LogP contribution in [0.2, 0.25) is 0 Å². The molecule has 8 heteroatoms. The van der Waals surface area contributed by atoms with Crippen LogP contribution in [0.5, 0.6) is 0 Å². The number of ether oxygens (including phenoxy) is 1. The first-order chi connectivity index (χ1) is 12.0. The van der Waals surface area contributed by atoms with Gasteiger partial charge in [-0.15, -0.1) is 11.3 Å². The molecule has 0 aromatic carbocycles. The van der Waals surface area contributed by atoms with Crippen molar-refractivity contribution >= 4 is 34.6 Å². The fraction of sp³-hybridized carbons (Fsp3) is 0.471. The van der Waals surface area contributed by atoms with Gasteiger partial charge in [-0.05, 0) is 37.3 Å². The van der Waals surface area contributed by atoms with Gasteiger partial charge in [0.25, 0.3) is 5.91 Å². The first-order valence-electron chi connectivity index (χ1n) is 8.14. The number of thiazole rings is 1. The van der Waals surface area contributed by atoms with Crippen LogP contribution in [0.4, 0.5) is 0 Å². The summed E-state index contributed by atoms with van der Waals surface area (Å²) in [6, 6.07) is 2.04. The lowest BCUT2D eigenvalue weighted by Gasteiger charge is -2.29. The zero-order chi connectivity index (χ0) is 18.0. The maximum absolute atomic E-state index is 12.5. The van der Waals surface area contributed by atoms with Gasteiger partial charge in [-0.1, -0.05) is 11.3 Å². The lowest BCUT2D eigenvalue weighted by molar-refractivity contribution is -0.159. The second-order valence-electron chi connectivity index (χ2n) is 6.06. The maximum Gasteiger partial charge on any atom is 0.308 e. The Balaban J connectivity index is 1.51. The average Bonchev–Trinajstić information content (AvgIpc) is 3.18. The first-order valence-corrected chi connectivity index (χ1v) is 9.90. The van der Waals surface area contributed by atoms with Gasteiger partial charge < -0.3 is 14.2 Å². The zero-order valence-corrected chi connectivity index (χ0v) is 15.8. The summed E-state index contributed by atoms with van der Waals surface area (Å²) in [5.41, 5.74) is 2.00. The van der Waals surface area contributed by atoms with Crippen molar-refractivity contribution < 1.29 is 14.3 Å². The van der Waals surface area contributed by atoms with Crippen LogP contribution in [0.1, 0.15) is 29.5 Å². The van der Waals surface area contributed by atoms with Crippen LogP contribution in [0.15, 0.2) is 21.6 Å². The van der Waals surface area contributed by atoms with Crippen molar-refractivity contribution in [2.75, 3.05) is 6.54 Å². The number of fused-ring (bicyclic) bond motifs is 1. The molecule has 0 bridgehead atoms. The number of carbonyl (C=O) groups is 2. The second kappa shape index (κ2) is 7.53. The molecule has 0 saturated heterocycles. The molecule has 0 spiro atoms. The minimum absolute atomic E-state index is 0.0732. The predicted octanol–water partition coefficient (Wildman–Crippen LogP) is 2.19. The highest BCUT2D eigenvalue weighted by molar-refractivity contribution is 7.10. The molecule has 0 N–H and O–H groups in total. The number of hydrogen-bond acceptors (Lipinski definition) is 6. The summed E-state index contributed by atoms with van der Waals surface area (Å²) in [6.07, 6.45) is 0.108. The number of nitrogens with zero attached hydrogens (tertiary/aromatic N) is 2. The number of aryl methyl sites for hydroxylation is 1. The summed E-state index contributed by atoms with van der Waals surface area (Å²) >= 11 is 2.83. The fourth-order valence-electron chi connectivity index (χ4n) is 2.88. The van der Waals surface area contributed by atoms with Gasteiger partial charge in [0.1, 0.15) is 0 Å². The van der Waals surface area contributed by atoms with Crippen molar-refractivity contribution in [3.05, 3.63) is 42.6 Å². The number of esters is 1. The molecule has 0 saturated carbocycles. The van der Waals surface area contributed by atoms with Crippen LogP contribution < -0.4 is 4.87 Å². The van der Waals surface area contributed by atoms with Crippen molar-refractivity contribution in [2.45, 2.75) is 45.9 Å². The van der Waals surface area contributed by atoms with E-state index < -0.39 is 12.1 Å². The van der Waals surface area contributed by atoms with Gasteiger partial charge >= 0.3 is 10.8 Å². The average molecular weight is 380 g/mol. The second-order valence-corrected chi connectivity index (χ2v) is 7.88. The topological polar surface area (TPSA) is 68.6 Å². The van der Waals surface area contributed by atoms with Crippen molar-refractivity contribution in [1.82, 2.24) is 9.47 Å². The molecule has 0 aliphatic carbocycles. The molecule has 1 amide bonds. The van der Waals surface area contributed by atoms with Crippen molar-refractivity contribution in [3.63, 3.8) is 0 Å². The lowest BCUT2D eigenvalue weighted by Crippen LogP contribution is -2.42. The summed E-state index contributed by atoms with van der Waals surface area (Å²) in [5, 5.41) is 3.80. The van der Waals surface area contributed by atoms with Gasteiger partial charge in [-0.3, -0.25) is 14.4 Å². The van der Waals surface area contributed by atoms with Gasteiger partial charge in [0.15, 0.2) is 6.10 Å². The van der Waals surface area contributed by atoms with Crippen LogP contribution in [-0.2, 0) is 33.8 Å². The highest BCUT2D eigenvalue weighted by atomic mass is 32.1. The summed E-state index contributed by atoms with van der Waals surface area (Å²) < 4.78 is 6.82. The number of rotatable bonds is 5. The molecule has 0 fully saturated rings. The lowest BCUT2D eigenvalue weighted by atomic mass is 10.1. The molecule has 1 atom stereocenters. The molecular formula is C17H20N2O4S2. The molecule has 2 aromatic heterocycles. The monoisotopic (exact) mass is 380 g/mol. The minimum Gasteiger partial charge on any atom is -0.452 e. The third-order valence-electron chi connectivity index (χ3n) is 4.29. The van der Waals surface area contributed by atoms with Crippen molar-refractivity contribution in [1.29, 1.82) is 0 Å². The van der Waals surface area contributed by atoms with E-state index in [-0.39, 0.29) is 23.7 Å². The van der Waals surface area contributed by atoms with Gasteiger partial charge in [-0.2, -0.15) is 0 Å². The van der Waals surface area contributed by atoms with E-state index in [1.165, 1.54) is 10.4 Å². The number of aromatic nitrogens is 1. The van der Waals surface area contributed by atoms with E-state index in [0.717, 1.165) is 23.5 Å². The fourth-order valence-corrected chi connectivity index (χ4v) is 4.53. The number of thiophene rings is 1.